The monoisotopic (exact) mass is 408 g/mol. The number of hydrogen-bond donors (Lipinski definition) is 2. The van der Waals surface area contributed by atoms with Gasteiger partial charge in [0.15, 0.2) is 9.84 Å². The molecule has 0 radical (unpaired) electrons. The second kappa shape index (κ2) is 9.88. The van der Waals surface area contributed by atoms with Gasteiger partial charge in [-0.05, 0) is 48.6 Å². The first-order valence-electron chi connectivity index (χ1n) is 8.84. The Balaban J connectivity index is 0.00000261. The Morgan fingerprint density at radius 3 is 2.33 bits per heavy atom. The van der Waals surface area contributed by atoms with E-state index in [2.05, 4.69) is 10.6 Å². The largest absolute Gasteiger partial charge is 0.325 e. The predicted octanol–water partition coefficient (Wildman–Crippen LogP) is 3.16. The molecule has 146 valence electrons. The summed E-state index contributed by atoms with van der Waals surface area (Å²) in [6.45, 7) is 1.15. The molecular weight excluding hydrogens is 384 g/mol. The maximum Gasteiger partial charge on any atom is 0.238 e. The van der Waals surface area contributed by atoms with E-state index in [4.69, 9.17) is 0 Å². The van der Waals surface area contributed by atoms with E-state index in [1.165, 1.54) is 12.8 Å². The highest BCUT2D eigenvalue weighted by molar-refractivity contribution is 7.89. The zero-order chi connectivity index (χ0) is 18.4. The Kier molecular flexibility index (Phi) is 7.83. The summed E-state index contributed by atoms with van der Waals surface area (Å²) in [7, 11) is -3.27. The van der Waals surface area contributed by atoms with Gasteiger partial charge in [-0.1, -0.05) is 42.5 Å². The van der Waals surface area contributed by atoms with Gasteiger partial charge in [-0.25, -0.2) is 8.42 Å². The molecular formula is C20H25ClN2O3S. The molecule has 1 fully saturated rings. The maximum absolute atomic E-state index is 12.4. The number of benzene rings is 2. The minimum atomic E-state index is -3.27. The molecule has 0 spiro atoms. The summed E-state index contributed by atoms with van der Waals surface area (Å²) in [6, 6.07) is 16.2. The minimum Gasteiger partial charge on any atom is -0.325 e. The first-order valence-corrected chi connectivity index (χ1v) is 10.7. The number of nitrogens with one attached hydrogen (secondary N) is 2. The van der Waals surface area contributed by atoms with Crippen LogP contribution in [-0.2, 0) is 26.1 Å². The summed E-state index contributed by atoms with van der Waals surface area (Å²) >= 11 is 0. The van der Waals surface area contributed by atoms with Crippen LogP contribution in [0.2, 0.25) is 0 Å². The molecule has 0 unspecified atom stereocenters. The van der Waals surface area contributed by atoms with Crippen LogP contribution in [0, 0.1) is 5.92 Å². The Morgan fingerprint density at radius 1 is 0.963 bits per heavy atom. The molecule has 1 aliphatic rings. The van der Waals surface area contributed by atoms with Crippen molar-refractivity contribution in [3.05, 3.63) is 65.7 Å². The number of hydrogen-bond acceptors (Lipinski definition) is 4. The van der Waals surface area contributed by atoms with Gasteiger partial charge in [0.2, 0.25) is 5.91 Å². The van der Waals surface area contributed by atoms with Crippen LogP contribution in [0.4, 0.5) is 5.69 Å². The van der Waals surface area contributed by atoms with E-state index in [0.717, 1.165) is 18.0 Å². The van der Waals surface area contributed by atoms with Crippen LogP contribution in [0.15, 0.2) is 54.6 Å². The number of sulfone groups is 1. The second-order valence-corrected chi connectivity index (χ2v) is 8.91. The molecule has 0 aromatic heterocycles. The molecule has 0 aliphatic heterocycles. The normalized spacial score (nSPS) is 13.6. The van der Waals surface area contributed by atoms with E-state index in [-0.39, 0.29) is 36.4 Å². The molecule has 0 heterocycles. The minimum absolute atomic E-state index is 0. The molecule has 2 aromatic rings. The van der Waals surface area contributed by atoms with Gasteiger partial charge < -0.3 is 10.6 Å². The fraction of sp³-hybridized carbons (Fsp3) is 0.350. The molecule has 5 nitrogen and oxygen atoms in total. The van der Waals surface area contributed by atoms with Crippen molar-refractivity contribution in [2.24, 2.45) is 5.92 Å². The van der Waals surface area contributed by atoms with Gasteiger partial charge in [0.1, 0.15) is 0 Å². The lowest BCUT2D eigenvalue weighted by molar-refractivity contribution is -0.115. The summed E-state index contributed by atoms with van der Waals surface area (Å²) in [5.74, 6) is 0.567. The van der Waals surface area contributed by atoms with Crippen LogP contribution >= 0.6 is 12.4 Å². The van der Waals surface area contributed by atoms with Gasteiger partial charge >= 0.3 is 0 Å². The van der Waals surface area contributed by atoms with Gasteiger partial charge in [-0.3, -0.25) is 4.79 Å². The lowest BCUT2D eigenvalue weighted by Crippen LogP contribution is -2.29. The zero-order valence-corrected chi connectivity index (χ0v) is 16.7. The van der Waals surface area contributed by atoms with Crippen LogP contribution in [0.1, 0.15) is 24.0 Å². The lowest BCUT2D eigenvalue weighted by atomic mass is 10.2. The van der Waals surface area contributed by atoms with E-state index in [9.17, 15) is 13.2 Å². The number of rotatable bonds is 9. The third-order valence-corrected chi connectivity index (χ3v) is 5.79. The number of anilines is 1. The summed E-state index contributed by atoms with van der Waals surface area (Å²) in [4.78, 5) is 12.0. The zero-order valence-electron chi connectivity index (χ0n) is 15.1. The summed E-state index contributed by atoms with van der Waals surface area (Å²) in [5, 5.41) is 5.96. The van der Waals surface area contributed by atoms with Gasteiger partial charge in [-0.15, -0.1) is 12.4 Å². The van der Waals surface area contributed by atoms with E-state index in [1.807, 2.05) is 30.3 Å². The summed E-state index contributed by atoms with van der Waals surface area (Å²) in [5.41, 5.74) is 2.07. The molecule has 27 heavy (non-hydrogen) atoms. The third kappa shape index (κ3) is 7.71. The molecule has 1 saturated carbocycles. The highest BCUT2D eigenvalue weighted by atomic mass is 35.5. The number of carbonyl (C=O) groups excluding carboxylic acids is 1. The van der Waals surface area contributed by atoms with E-state index < -0.39 is 9.84 Å². The molecule has 3 rings (SSSR count). The Hall–Kier alpha value is -1.89. The van der Waals surface area contributed by atoms with Crippen molar-refractivity contribution in [3.8, 4) is 0 Å². The van der Waals surface area contributed by atoms with Crippen LogP contribution in [0.5, 0.6) is 0 Å². The van der Waals surface area contributed by atoms with Crippen LogP contribution in [0.3, 0.4) is 0 Å². The third-order valence-electron chi connectivity index (χ3n) is 4.24. The van der Waals surface area contributed by atoms with Crippen LogP contribution in [0.25, 0.3) is 0 Å². The van der Waals surface area contributed by atoms with Gasteiger partial charge in [0.25, 0.3) is 0 Å². The van der Waals surface area contributed by atoms with Gasteiger partial charge in [0, 0.05) is 5.69 Å². The van der Waals surface area contributed by atoms with Crippen molar-refractivity contribution in [1.82, 2.24) is 5.32 Å². The average molecular weight is 409 g/mol. The standard InChI is InChI=1S/C20H24N2O3S.ClH/c23-20(13-21-12-16-9-10-16)22-19-8-4-7-18(11-19)15-26(24,25)14-17-5-2-1-3-6-17;/h1-8,11,16,21H,9-10,12-15H2,(H,22,23);1H. The van der Waals surface area contributed by atoms with Crippen molar-refractivity contribution in [2.75, 3.05) is 18.4 Å². The predicted molar refractivity (Wildman–Crippen MR) is 111 cm³/mol. The SMILES string of the molecule is Cl.O=C(CNCC1CC1)Nc1cccc(CS(=O)(=O)Cc2ccccc2)c1. The van der Waals surface area contributed by atoms with Crippen molar-refractivity contribution in [2.45, 2.75) is 24.3 Å². The molecule has 2 aromatic carbocycles. The maximum atomic E-state index is 12.4. The van der Waals surface area contributed by atoms with E-state index >= 15 is 0 Å². The molecule has 2 N–H and O–H groups in total. The fourth-order valence-corrected chi connectivity index (χ4v) is 4.28. The number of halogens is 1. The molecule has 7 heteroatoms. The number of carbonyl (C=O) groups is 1. The van der Waals surface area contributed by atoms with Crippen molar-refractivity contribution in [1.29, 1.82) is 0 Å². The van der Waals surface area contributed by atoms with Gasteiger partial charge in [-0.2, -0.15) is 0 Å². The van der Waals surface area contributed by atoms with Crippen LogP contribution < -0.4 is 10.6 Å². The second-order valence-electron chi connectivity index (χ2n) is 6.84. The number of amides is 1. The van der Waals surface area contributed by atoms with Crippen LogP contribution in [-0.4, -0.2) is 27.4 Å². The highest BCUT2D eigenvalue weighted by Crippen LogP contribution is 2.27. The molecule has 0 saturated heterocycles. The Morgan fingerprint density at radius 2 is 1.63 bits per heavy atom. The fourth-order valence-electron chi connectivity index (χ4n) is 2.79. The first kappa shape index (κ1) is 21.4. The molecule has 0 bridgehead atoms. The quantitative estimate of drug-likeness (QED) is 0.668. The van der Waals surface area contributed by atoms with E-state index in [1.54, 1.807) is 24.3 Å². The smallest absolute Gasteiger partial charge is 0.238 e. The summed E-state index contributed by atoms with van der Waals surface area (Å²) < 4.78 is 24.8. The Labute approximate surface area is 166 Å². The highest BCUT2D eigenvalue weighted by Gasteiger charge is 2.20. The molecule has 0 atom stereocenters. The van der Waals surface area contributed by atoms with Gasteiger partial charge in [0.05, 0.1) is 18.1 Å². The topological polar surface area (TPSA) is 75.3 Å². The molecule has 1 amide bonds. The van der Waals surface area contributed by atoms with Crippen molar-refractivity contribution < 1.29 is 13.2 Å². The lowest BCUT2D eigenvalue weighted by Gasteiger charge is -2.09. The van der Waals surface area contributed by atoms with Crippen molar-refractivity contribution >= 4 is 33.8 Å². The van der Waals surface area contributed by atoms with Crippen molar-refractivity contribution in [3.63, 3.8) is 0 Å². The first-order chi connectivity index (χ1) is 12.5. The van der Waals surface area contributed by atoms with E-state index in [0.29, 0.717) is 11.3 Å². The Bertz CT molecular complexity index is 853. The molecule has 1 aliphatic carbocycles. The average Bonchev–Trinajstić information content (AvgIpc) is 3.39. The summed E-state index contributed by atoms with van der Waals surface area (Å²) in [6.07, 6.45) is 2.49.